The zero-order valence-electron chi connectivity index (χ0n) is 12.4. The van der Waals surface area contributed by atoms with E-state index in [-0.39, 0.29) is 17.8 Å². The second-order valence-electron chi connectivity index (χ2n) is 5.50. The van der Waals surface area contributed by atoms with Crippen LogP contribution in [0.4, 0.5) is 0 Å². The predicted molar refractivity (Wildman–Crippen MR) is 89.5 cm³/mol. The van der Waals surface area contributed by atoms with Crippen LogP contribution in [-0.4, -0.2) is 22.0 Å². The summed E-state index contributed by atoms with van der Waals surface area (Å²) in [5.41, 5.74) is 1.75. The van der Waals surface area contributed by atoms with Gasteiger partial charge in [0.05, 0.1) is 16.4 Å². The molecule has 2 rings (SSSR count). The molecule has 1 amide bonds. The molecule has 1 aromatic heterocycles. The van der Waals surface area contributed by atoms with Gasteiger partial charge in [-0.3, -0.25) is 4.79 Å². The van der Waals surface area contributed by atoms with Crippen molar-refractivity contribution in [2.45, 2.75) is 32.7 Å². The molecule has 1 unspecified atom stereocenters. The van der Waals surface area contributed by atoms with Crippen LogP contribution in [0.25, 0.3) is 11.0 Å². The summed E-state index contributed by atoms with van der Waals surface area (Å²) < 4.78 is 2.83. The highest BCUT2D eigenvalue weighted by molar-refractivity contribution is 9.10. The fourth-order valence-corrected chi connectivity index (χ4v) is 2.62. The van der Waals surface area contributed by atoms with Crippen LogP contribution in [0.2, 0.25) is 0 Å². The molecular formula is C15H19BrClN3O. The zero-order chi connectivity index (χ0) is 15.6. The molecule has 0 aliphatic carbocycles. The summed E-state index contributed by atoms with van der Waals surface area (Å²) in [7, 11) is 0. The quantitative estimate of drug-likeness (QED) is 0.810. The summed E-state index contributed by atoms with van der Waals surface area (Å²) in [6.07, 6.45) is 0. The molecule has 0 fully saturated rings. The minimum atomic E-state index is -0.255. The summed E-state index contributed by atoms with van der Waals surface area (Å²) in [5.74, 6) is 1.11. The number of amides is 1. The third kappa shape index (κ3) is 3.98. The lowest BCUT2D eigenvalue weighted by Crippen LogP contribution is -2.31. The molecule has 0 saturated heterocycles. The normalized spacial score (nSPS) is 12.9. The van der Waals surface area contributed by atoms with Gasteiger partial charge < -0.3 is 9.88 Å². The number of nitrogens with one attached hydrogen (secondary N) is 1. The van der Waals surface area contributed by atoms with Crippen molar-refractivity contribution in [3.63, 3.8) is 0 Å². The Labute approximate surface area is 138 Å². The van der Waals surface area contributed by atoms with Gasteiger partial charge in [-0.1, -0.05) is 29.8 Å². The monoisotopic (exact) mass is 371 g/mol. The Balaban J connectivity index is 2.33. The molecule has 6 heteroatoms. The van der Waals surface area contributed by atoms with Crippen molar-refractivity contribution in [1.82, 2.24) is 14.9 Å². The lowest BCUT2D eigenvalue weighted by atomic mass is 10.2. The van der Waals surface area contributed by atoms with E-state index in [1.165, 1.54) is 0 Å². The van der Waals surface area contributed by atoms with Crippen molar-refractivity contribution >= 4 is 44.5 Å². The van der Waals surface area contributed by atoms with E-state index in [0.29, 0.717) is 18.3 Å². The number of imidazole rings is 1. The van der Waals surface area contributed by atoms with Crippen molar-refractivity contribution in [2.75, 3.05) is 6.54 Å². The van der Waals surface area contributed by atoms with Crippen LogP contribution in [-0.2, 0) is 11.3 Å². The largest absolute Gasteiger partial charge is 0.354 e. The Hall–Kier alpha value is -1.07. The minimum absolute atomic E-state index is 0.0263. The van der Waals surface area contributed by atoms with Crippen LogP contribution >= 0.6 is 27.5 Å². The highest BCUT2D eigenvalue weighted by atomic mass is 79.9. The van der Waals surface area contributed by atoms with Gasteiger partial charge >= 0.3 is 0 Å². The SMILES string of the molecule is CC(C)CNC(=O)Cn1c(C(C)Cl)nc2ccc(Br)cc21. The smallest absolute Gasteiger partial charge is 0.240 e. The second-order valence-corrected chi connectivity index (χ2v) is 7.07. The number of hydrogen-bond acceptors (Lipinski definition) is 2. The van der Waals surface area contributed by atoms with Crippen molar-refractivity contribution in [3.8, 4) is 0 Å². The number of carbonyl (C=O) groups excluding carboxylic acids is 1. The van der Waals surface area contributed by atoms with Gasteiger partial charge in [-0.2, -0.15) is 0 Å². The number of fused-ring (bicyclic) bond motifs is 1. The topological polar surface area (TPSA) is 46.9 Å². The molecule has 1 N–H and O–H groups in total. The maximum atomic E-state index is 12.1. The standard InChI is InChI=1S/C15H19BrClN3O/c1-9(2)7-18-14(21)8-20-13-6-11(16)4-5-12(13)19-15(20)10(3)17/h4-6,9-10H,7-8H2,1-3H3,(H,18,21). The number of nitrogens with zero attached hydrogens (tertiary/aromatic N) is 2. The number of hydrogen-bond donors (Lipinski definition) is 1. The first-order valence-corrected chi connectivity index (χ1v) is 8.18. The Morgan fingerprint density at radius 2 is 2.14 bits per heavy atom. The van der Waals surface area contributed by atoms with E-state index in [0.717, 1.165) is 15.5 Å². The molecule has 0 aliphatic heterocycles. The van der Waals surface area contributed by atoms with Gasteiger partial charge in [0.15, 0.2) is 0 Å². The van der Waals surface area contributed by atoms with E-state index in [1.54, 1.807) is 0 Å². The number of benzene rings is 1. The summed E-state index contributed by atoms with van der Waals surface area (Å²) in [6.45, 7) is 6.89. The number of alkyl halides is 1. The lowest BCUT2D eigenvalue weighted by molar-refractivity contribution is -0.121. The van der Waals surface area contributed by atoms with Gasteiger partial charge in [0, 0.05) is 11.0 Å². The van der Waals surface area contributed by atoms with Gasteiger partial charge in [-0.05, 0) is 31.0 Å². The molecule has 0 aliphatic rings. The van der Waals surface area contributed by atoms with Gasteiger partial charge in [0.25, 0.3) is 0 Å². The van der Waals surface area contributed by atoms with Crippen LogP contribution in [0.5, 0.6) is 0 Å². The third-order valence-corrected chi connectivity index (χ3v) is 3.79. The van der Waals surface area contributed by atoms with E-state index in [9.17, 15) is 4.79 Å². The number of rotatable bonds is 5. The molecular weight excluding hydrogens is 354 g/mol. The molecule has 0 saturated carbocycles. The third-order valence-electron chi connectivity index (χ3n) is 3.10. The van der Waals surface area contributed by atoms with Crippen LogP contribution in [0.15, 0.2) is 22.7 Å². The number of halogens is 2. The Morgan fingerprint density at radius 1 is 1.43 bits per heavy atom. The highest BCUT2D eigenvalue weighted by Crippen LogP contribution is 2.26. The van der Waals surface area contributed by atoms with Gasteiger partial charge in [0.1, 0.15) is 12.4 Å². The van der Waals surface area contributed by atoms with Gasteiger partial charge in [-0.25, -0.2) is 4.98 Å². The average Bonchev–Trinajstić information content (AvgIpc) is 2.75. The van der Waals surface area contributed by atoms with E-state index < -0.39 is 0 Å². The zero-order valence-corrected chi connectivity index (χ0v) is 14.7. The summed E-state index contributed by atoms with van der Waals surface area (Å²) >= 11 is 9.66. The number of aromatic nitrogens is 2. The molecule has 2 aromatic rings. The van der Waals surface area contributed by atoms with E-state index >= 15 is 0 Å². The first-order valence-electron chi connectivity index (χ1n) is 6.95. The fourth-order valence-electron chi connectivity index (χ4n) is 2.10. The van der Waals surface area contributed by atoms with Crippen molar-refractivity contribution in [1.29, 1.82) is 0 Å². The van der Waals surface area contributed by atoms with Gasteiger partial charge in [-0.15, -0.1) is 11.6 Å². The average molecular weight is 373 g/mol. The number of carbonyl (C=O) groups is 1. The van der Waals surface area contributed by atoms with E-state index in [2.05, 4.69) is 40.1 Å². The minimum Gasteiger partial charge on any atom is -0.354 e. The lowest BCUT2D eigenvalue weighted by Gasteiger charge is -2.12. The maximum absolute atomic E-state index is 12.1. The Kier molecular flexibility index (Phi) is 5.27. The van der Waals surface area contributed by atoms with Crippen LogP contribution < -0.4 is 5.32 Å². The van der Waals surface area contributed by atoms with Gasteiger partial charge in [0.2, 0.25) is 5.91 Å². The fraction of sp³-hybridized carbons (Fsp3) is 0.467. The van der Waals surface area contributed by atoms with Crippen molar-refractivity contribution < 1.29 is 4.79 Å². The van der Waals surface area contributed by atoms with E-state index in [4.69, 9.17) is 11.6 Å². The molecule has 0 spiro atoms. The van der Waals surface area contributed by atoms with Crippen molar-refractivity contribution in [3.05, 3.63) is 28.5 Å². The summed E-state index contributed by atoms with van der Waals surface area (Å²) in [6, 6.07) is 5.81. The molecule has 0 radical (unpaired) electrons. The predicted octanol–water partition coefficient (Wildman–Crippen LogP) is 3.87. The van der Waals surface area contributed by atoms with Crippen LogP contribution in [0, 0.1) is 5.92 Å². The molecule has 21 heavy (non-hydrogen) atoms. The molecule has 1 atom stereocenters. The molecule has 114 valence electrons. The molecule has 1 heterocycles. The van der Waals surface area contributed by atoms with Crippen LogP contribution in [0.1, 0.15) is 32.0 Å². The molecule has 4 nitrogen and oxygen atoms in total. The summed E-state index contributed by atoms with van der Waals surface area (Å²) in [5, 5.41) is 2.67. The van der Waals surface area contributed by atoms with E-state index in [1.807, 2.05) is 29.7 Å². The Morgan fingerprint density at radius 3 is 2.76 bits per heavy atom. The Bertz CT molecular complexity index is 652. The first kappa shape index (κ1) is 16.3. The second kappa shape index (κ2) is 6.79. The van der Waals surface area contributed by atoms with Crippen molar-refractivity contribution in [2.24, 2.45) is 5.92 Å². The van der Waals surface area contributed by atoms with Crippen LogP contribution in [0.3, 0.4) is 0 Å². The summed E-state index contributed by atoms with van der Waals surface area (Å²) in [4.78, 5) is 16.6. The molecule has 1 aromatic carbocycles. The maximum Gasteiger partial charge on any atom is 0.240 e. The highest BCUT2D eigenvalue weighted by Gasteiger charge is 2.17. The first-order chi connectivity index (χ1) is 9.88. The molecule has 0 bridgehead atoms.